The van der Waals surface area contributed by atoms with Gasteiger partial charge in [-0.15, -0.1) is 0 Å². The summed E-state index contributed by atoms with van der Waals surface area (Å²) in [5.74, 6) is -2.78. The van der Waals surface area contributed by atoms with E-state index in [1.54, 1.807) is 11.8 Å². The van der Waals surface area contributed by atoms with Gasteiger partial charge in [0, 0.05) is 16.9 Å². The molecule has 1 aromatic carbocycles. The predicted molar refractivity (Wildman–Crippen MR) is 106 cm³/mol. The van der Waals surface area contributed by atoms with Gasteiger partial charge in [0.25, 0.3) is 0 Å². The zero-order chi connectivity index (χ0) is 21.0. The van der Waals surface area contributed by atoms with Gasteiger partial charge in [-0.25, -0.2) is 9.78 Å². The monoisotopic (exact) mass is 407 g/mol. The van der Waals surface area contributed by atoms with Gasteiger partial charge in [-0.3, -0.25) is 9.59 Å². The second kappa shape index (κ2) is 6.63. The van der Waals surface area contributed by atoms with Crippen molar-refractivity contribution < 1.29 is 23.9 Å². The van der Waals surface area contributed by atoms with E-state index in [-0.39, 0.29) is 25.5 Å². The van der Waals surface area contributed by atoms with E-state index in [1.807, 2.05) is 36.4 Å². The molecule has 0 spiro atoms. The molecular formula is C22H21N3O5. The van der Waals surface area contributed by atoms with Crippen LogP contribution in [0.2, 0.25) is 0 Å². The summed E-state index contributed by atoms with van der Waals surface area (Å²) in [5.41, 5.74) is 6.98. The molecule has 1 amide bonds. The Bertz CT molecular complexity index is 1130. The predicted octanol–water partition coefficient (Wildman–Crippen LogP) is 1.37. The van der Waals surface area contributed by atoms with Gasteiger partial charge in [-0.2, -0.15) is 0 Å². The number of ether oxygens (including phenoxy) is 2. The van der Waals surface area contributed by atoms with Crippen LogP contribution in [0.3, 0.4) is 0 Å². The summed E-state index contributed by atoms with van der Waals surface area (Å²) in [6, 6.07) is 9.80. The molecule has 3 atom stereocenters. The number of carbonyl (C=O) groups excluding carboxylic acids is 3. The number of carbonyl (C=O) groups is 3. The lowest BCUT2D eigenvalue weighted by atomic mass is 9.72. The Morgan fingerprint density at radius 3 is 2.93 bits per heavy atom. The molecule has 0 bridgehead atoms. The molecule has 1 fully saturated rings. The van der Waals surface area contributed by atoms with Crippen molar-refractivity contribution in [1.82, 2.24) is 9.88 Å². The summed E-state index contributed by atoms with van der Waals surface area (Å²) >= 11 is 0. The zero-order valence-electron chi connectivity index (χ0n) is 16.5. The van der Waals surface area contributed by atoms with Gasteiger partial charge in [0.2, 0.25) is 11.5 Å². The normalized spacial score (nSPS) is 27.1. The second-order valence-corrected chi connectivity index (χ2v) is 7.82. The summed E-state index contributed by atoms with van der Waals surface area (Å²) in [4.78, 5) is 44.6. The lowest BCUT2D eigenvalue weighted by Crippen LogP contribution is -2.61. The van der Waals surface area contributed by atoms with Gasteiger partial charge in [0.1, 0.15) is 6.61 Å². The van der Waals surface area contributed by atoms with E-state index in [4.69, 9.17) is 20.2 Å². The van der Waals surface area contributed by atoms with Crippen molar-refractivity contribution in [3.8, 4) is 0 Å². The Balaban J connectivity index is 1.66. The van der Waals surface area contributed by atoms with Crippen molar-refractivity contribution in [2.24, 2.45) is 17.6 Å². The number of amides is 1. The number of cyclic esters (lactones) is 1. The van der Waals surface area contributed by atoms with E-state index in [0.29, 0.717) is 12.2 Å². The van der Waals surface area contributed by atoms with Crippen molar-refractivity contribution in [1.29, 1.82) is 0 Å². The highest BCUT2D eigenvalue weighted by atomic mass is 16.6. The van der Waals surface area contributed by atoms with E-state index >= 15 is 0 Å². The molecule has 30 heavy (non-hydrogen) atoms. The first-order chi connectivity index (χ1) is 14.5. The van der Waals surface area contributed by atoms with Crippen LogP contribution in [0.5, 0.6) is 0 Å². The SMILES string of the molecule is CCC1(OC(=O)CN)C(=O)OCC2C(=O)N3Cc4cc5ccccc5nc4C3=CC21. The molecule has 1 aromatic heterocycles. The lowest BCUT2D eigenvalue weighted by molar-refractivity contribution is -0.204. The van der Waals surface area contributed by atoms with Crippen LogP contribution in [-0.2, 0) is 30.4 Å². The number of aromatic nitrogens is 1. The highest BCUT2D eigenvalue weighted by Crippen LogP contribution is 2.47. The number of para-hydroxylation sites is 1. The minimum absolute atomic E-state index is 0.0453. The summed E-state index contributed by atoms with van der Waals surface area (Å²) in [5, 5.41) is 1.000. The summed E-state index contributed by atoms with van der Waals surface area (Å²) in [6.45, 7) is 1.74. The molecule has 3 unspecified atom stereocenters. The Morgan fingerprint density at radius 2 is 2.17 bits per heavy atom. The standard InChI is InChI=1S/C22H21N3O5/c1-2-22(30-18(26)9-23)15-8-17-19-13(7-12-5-3-4-6-16(12)24-19)10-25(17)20(27)14(15)11-29-21(22)28/h3-8,14-15H,2,9-11,23H2,1H3. The molecule has 8 nitrogen and oxygen atoms in total. The average molecular weight is 407 g/mol. The quantitative estimate of drug-likeness (QED) is 0.765. The number of nitrogens with two attached hydrogens (primary N) is 1. The molecule has 8 heteroatoms. The molecule has 4 heterocycles. The van der Waals surface area contributed by atoms with Gasteiger partial charge < -0.3 is 20.1 Å². The van der Waals surface area contributed by atoms with E-state index in [2.05, 4.69) is 0 Å². The molecule has 3 aliphatic rings. The summed E-state index contributed by atoms with van der Waals surface area (Å²) in [6.07, 6.45) is 2.03. The van der Waals surface area contributed by atoms with E-state index < -0.39 is 29.4 Å². The van der Waals surface area contributed by atoms with Crippen LogP contribution in [0, 0.1) is 11.8 Å². The maximum Gasteiger partial charge on any atom is 0.351 e. The number of nitrogens with zero attached hydrogens (tertiary/aromatic N) is 2. The lowest BCUT2D eigenvalue weighted by Gasteiger charge is -2.46. The Morgan fingerprint density at radius 1 is 1.37 bits per heavy atom. The molecule has 2 aromatic rings. The molecule has 2 N–H and O–H groups in total. The van der Waals surface area contributed by atoms with Gasteiger partial charge >= 0.3 is 11.9 Å². The highest BCUT2D eigenvalue weighted by Gasteiger charge is 2.59. The first kappa shape index (κ1) is 18.7. The number of hydrogen-bond acceptors (Lipinski definition) is 7. The fourth-order valence-corrected chi connectivity index (χ4v) is 4.76. The third-order valence-corrected chi connectivity index (χ3v) is 6.28. The topological polar surface area (TPSA) is 112 Å². The van der Waals surface area contributed by atoms with Crippen molar-refractivity contribution in [3.63, 3.8) is 0 Å². The minimum Gasteiger partial charge on any atom is -0.462 e. The summed E-state index contributed by atoms with van der Waals surface area (Å²) < 4.78 is 10.8. The van der Waals surface area contributed by atoms with Gasteiger partial charge in [0.05, 0.1) is 35.9 Å². The third-order valence-electron chi connectivity index (χ3n) is 6.28. The smallest absolute Gasteiger partial charge is 0.351 e. The van der Waals surface area contributed by atoms with Crippen molar-refractivity contribution in [3.05, 3.63) is 47.7 Å². The molecule has 3 aliphatic heterocycles. The van der Waals surface area contributed by atoms with E-state index in [1.165, 1.54) is 0 Å². The fraction of sp³-hybridized carbons (Fsp3) is 0.364. The van der Waals surface area contributed by atoms with Gasteiger partial charge in [-0.1, -0.05) is 25.1 Å². The van der Waals surface area contributed by atoms with Crippen LogP contribution in [-0.4, -0.2) is 46.5 Å². The molecule has 0 radical (unpaired) electrons. The van der Waals surface area contributed by atoms with Crippen molar-refractivity contribution >= 4 is 34.4 Å². The molecule has 0 saturated carbocycles. The number of rotatable bonds is 3. The largest absolute Gasteiger partial charge is 0.462 e. The fourth-order valence-electron chi connectivity index (χ4n) is 4.76. The first-order valence-corrected chi connectivity index (χ1v) is 10.00. The maximum atomic E-state index is 13.4. The minimum atomic E-state index is -1.58. The van der Waals surface area contributed by atoms with Crippen molar-refractivity contribution in [2.45, 2.75) is 25.5 Å². The maximum absolute atomic E-state index is 13.4. The van der Waals surface area contributed by atoms with Crippen LogP contribution in [0.25, 0.3) is 16.6 Å². The number of hydrogen-bond donors (Lipinski definition) is 1. The number of fused-ring (bicyclic) bond motifs is 5. The Hall–Kier alpha value is -3.26. The van der Waals surface area contributed by atoms with Crippen molar-refractivity contribution in [2.75, 3.05) is 13.2 Å². The van der Waals surface area contributed by atoms with Gasteiger partial charge in [-0.05, 0) is 24.6 Å². The zero-order valence-corrected chi connectivity index (χ0v) is 16.5. The third kappa shape index (κ3) is 2.50. The van der Waals surface area contributed by atoms with Crippen LogP contribution >= 0.6 is 0 Å². The van der Waals surface area contributed by atoms with Crippen LogP contribution in [0.4, 0.5) is 0 Å². The summed E-state index contributed by atoms with van der Waals surface area (Å²) in [7, 11) is 0. The van der Waals surface area contributed by atoms with Crippen LogP contribution < -0.4 is 5.73 Å². The van der Waals surface area contributed by atoms with Gasteiger partial charge in [0.15, 0.2) is 0 Å². The highest BCUT2D eigenvalue weighted by molar-refractivity contribution is 5.97. The number of benzene rings is 1. The van der Waals surface area contributed by atoms with Crippen LogP contribution in [0.1, 0.15) is 24.6 Å². The molecular weight excluding hydrogens is 386 g/mol. The average Bonchev–Trinajstić information content (AvgIpc) is 3.12. The van der Waals surface area contributed by atoms with E-state index in [9.17, 15) is 14.4 Å². The Kier molecular flexibility index (Phi) is 4.14. The first-order valence-electron chi connectivity index (χ1n) is 10.00. The molecule has 5 rings (SSSR count). The molecule has 1 saturated heterocycles. The van der Waals surface area contributed by atoms with Crippen LogP contribution in [0.15, 0.2) is 36.4 Å². The Labute approximate surface area is 172 Å². The molecule has 0 aliphatic carbocycles. The number of esters is 2. The second-order valence-electron chi connectivity index (χ2n) is 7.82. The molecule has 154 valence electrons. The van der Waals surface area contributed by atoms with E-state index in [0.717, 1.165) is 22.2 Å². The number of pyridine rings is 1.